The van der Waals surface area contributed by atoms with Gasteiger partial charge in [-0.3, -0.25) is 24.0 Å². The number of nitrogens with zero attached hydrogens (tertiary/aromatic N) is 2. The Morgan fingerprint density at radius 1 is 0.763 bits per heavy atom. The van der Waals surface area contributed by atoms with Gasteiger partial charge in [0.15, 0.2) is 0 Å². The van der Waals surface area contributed by atoms with Crippen LogP contribution in [0, 0.1) is 0 Å². The number of carbonyl (C=O) groups excluding carboxylic acids is 4. The highest BCUT2D eigenvalue weighted by Crippen LogP contribution is 2.00. The number of ether oxygens (including phenoxy) is 2. The third kappa shape index (κ3) is 41.1. The van der Waals surface area contributed by atoms with Crippen LogP contribution in [0.25, 0.3) is 0 Å². The number of thioether (sulfide) groups is 1. The second-order valence-corrected chi connectivity index (χ2v) is 8.05. The zero-order chi connectivity index (χ0) is 28.9. The minimum atomic E-state index is -0.811. The number of rotatable bonds is 13. The Morgan fingerprint density at radius 3 is 1.45 bits per heavy atom. The number of aliphatic hydroxyl groups is 1. The lowest BCUT2D eigenvalue weighted by Gasteiger charge is -2.15. The molecule has 0 saturated carbocycles. The topological polar surface area (TPSA) is 151 Å². The normalized spacial score (nSPS) is 8.55. The highest BCUT2D eigenvalue weighted by molar-refractivity contribution is 7.99. The number of hydrogen-bond donors (Lipinski definition) is 3. The van der Waals surface area contributed by atoms with Crippen molar-refractivity contribution in [2.75, 3.05) is 64.3 Å². The lowest BCUT2D eigenvalue weighted by molar-refractivity contribution is -0.143. The monoisotopic (exact) mass is 590 g/mol. The van der Waals surface area contributed by atoms with Crippen LogP contribution in [-0.2, 0) is 33.4 Å². The molecule has 230 valence electrons. The fourth-order valence-corrected chi connectivity index (χ4v) is 2.58. The quantitative estimate of drug-likeness (QED) is 0.166. The molecule has 0 unspecified atom stereocenters. The molecule has 0 aliphatic rings. The van der Waals surface area contributed by atoms with E-state index in [2.05, 4.69) is 22.1 Å². The Balaban J connectivity index is -0.0000000914. The summed E-state index contributed by atoms with van der Waals surface area (Å²) >= 11 is 5.00. The molecule has 0 atom stereocenters. The van der Waals surface area contributed by atoms with E-state index in [-0.39, 0.29) is 56.7 Å². The number of likely N-dealkylation sites (N-methyl/N-ethyl adjacent to an activating group) is 1. The molecule has 13 heteroatoms. The highest BCUT2D eigenvalue weighted by atomic mass is 32.2. The van der Waals surface area contributed by atoms with Crippen molar-refractivity contribution in [3.63, 3.8) is 0 Å². The first-order valence-electron chi connectivity index (χ1n) is 11.7. The van der Waals surface area contributed by atoms with Crippen LogP contribution in [0.2, 0.25) is 0 Å². The number of carbonyl (C=O) groups is 5. The van der Waals surface area contributed by atoms with E-state index in [1.807, 2.05) is 6.92 Å². The lowest BCUT2D eigenvalue weighted by Crippen LogP contribution is -2.28. The predicted octanol–water partition coefficient (Wildman–Crippen LogP) is 3.23. The second kappa shape index (κ2) is 37.2. The molecular weight excluding hydrogens is 536 g/mol. The minimum absolute atomic E-state index is 0. The molecule has 0 spiro atoms. The van der Waals surface area contributed by atoms with Crippen molar-refractivity contribution in [2.45, 2.75) is 68.7 Å². The summed E-state index contributed by atoms with van der Waals surface area (Å²) < 4.78 is 9.03. The van der Waals surface area contributed by atoms with Crippen LogP contribution >= 0.6 is 24.4 Å². The summed E-state index contributed by atoms with van der Waals surface area (Å²) in [5.74, 6) is -0.0703. The Morgan fingerprint density at radius 2 is 1.18 bits per heavy atom. The zero-order valence-corrected chi connectivity index (χ0v) is 24.5. The van der Waals surface area contributed by atoms with Crippen molar-refractivity contribution in [3.8, 4) is 0 Å². The van der Waals surface area contributed by atoms with E-state index < -0.39 is 5.97 Å². The van der Waals surface area contributed by atoms with E-state index in [0.717, 1.165) is 0 Å². The van der Waals surface area contributed by atoms with Crippen molar-refractivity contribution < 1.29 is 43.7 Å². The summed E-state index contributed by atoms with van der Waals surface area (Å²) in [5, 5.41) is 16.7. The van der Waals surface area contributed by atoms with Crippen molar-refractivity contribution in [3.05, 3.63) is 0 Å². The van der Waals surface area contributed by atoms with Crippen molar-refractivity contribution in [1.82, 2.24) is 9.80 Å². The van der Waals surface area contributed by atoms with E-state index in [1.165, 1.54) is 16.7 Å². The van der Waals surface area contributed by atoms with Crippen molar-refractivity contribution in [2.24, 2.45) is 0 Å². The summed E-state index contributed by atoms with van der Waals surface area (Å²) in [5.41, 5.74) is 0. The van der Waals surface area contributed by atoms with Gasteiger partial charge in [0.2, 0.25) is 11.8 Å². The third-order valence-corrected chi connectivity index (χ3v) is 4.90. The van der Waals surface area contributed by atoms with Crippen molar-refractivity contribution in [1.29, 1.82) is 0 Å². The van der Waals surface area contributed by atoms with E-state index in [0.29, 0.717) is 51.3 Å². The molecule has 11 nitrogen and oxygen atoms in total. The van der Waals surface area contributed by atoms with Crippen LogP contribution in [0.4, 0.5) is 0 Å². The molecule has 0 aromatic heterocycles. The summed E-state index contributed by atoms with van der Waals surface area (Å²) in [7, 11) is 3.41. The average molecular weight is 591 g/mol. The number of thiol groups is 1. The minimum Gasteiger partial charge on any atom is -0.481 e. The van der Waals surface area contributed by atoms with E-state index in [9.17, 15) is 24.0 Å². The lowest BCUT2D eigenvalue weighted by atomic mass is 10.4. The number of aliphatic hydroxyl groups excluding tert-OH is 1. The molecule has 38 heavy (non-hydrogen) atoms. The number of aliphatic carboxylic acids is 1. The largest absolute Gasteiger partial charge is 0.481 e. The fourth-order valence-electron chi connectivity index (χ4n) is 1.77. The number of carboxylic acids is 1. The van der Waals surface area contributed by atoms with Gasteiger partial charge in [0.1, 0.15) is 0 Å². The molecule has 0 aromatic rings. The Kier molecular flexibility index (Phi) is 47.9. The maximum Gasteiger partial charge on any atom is 0.315 e. The van der Waals surface area contributed by atoms with Gasteiger partial charge in [-0.1, -0.05) is 35.6 Å². The smallest absolute Gasteiger partial charge is 0.315 e. The van der Waals surface area contributed by atoms with Gasteiger partial charge in [-0.15, -0.1) is 11.8 Å². The maximum atomic E-state index is 11.0. The van der Waals surface area contributed by atoms with Gasteiger partial charge < -0.3 is 29.5 Å². The SMILES string of the molecule is C.C.CCC(=O)N(C)CCO.CCC(=O)N(C)CCSCC(=O)O.CCOC(=O)CC.CCOC(=O)CS. The van der Waals surface area contributed by atoms with Crippen molar-refractivity contribution >= 4 is 54.1 Å². The average Bonchev–Trinajstić information content (AvgIpc) is 2.86. The molecule has 0 aromatic carbocycles. The number of esters is 2. The van der Waals surface area contributed by atoms with Crippen LogP contribution in [0.1, 0.15) is 68.7 Å². The van der Waals surface area contributed by atoms with Gasteiger partial charge in [0.05, 0.1) is 31.3 Å². The molecule has 0 heterocycles. The molecule has 0 bridgehead atoms. The first-order valence-corrected chi connectivity index (χ1v) is 13.5. The van der Waals surface area contributed by atoms with Gasteiger partial charge >= 0.3 is 17.9 Å². The molecule has 0 aliphatic carbocycles. The van der Waals surface area contributed by atoms with Gasteiger partial charge in [-0.25, -0.2) is 0 Å². The zero-order valence-electron chi connectivity index (χ0n) is 22.8. The molecule has 0 fully saturated rings. The fraction of sp³-hybridized carbons (Fsp3) is 0.800. The molecule has 0 aliphatic heterocycles. The maximum absolute atomic E-state index is 11.0. The molecule has 0 rings (SSSR count). The van der Waals surface area contributed by atoms with Crippen LogP contribution in [-0.4, -0.2) is 114 Å². The molecule has 2 N–H and O–H groups in total. The van der Waals surface area contributed by atoms with E-state index >= 15 is 0 Å². The van der Waals surface area contributed by atoms with Crippen LogP contribution in [0.5, 0.6) is 0 Å². The first-order chi connectivity index (χ1) is 16.9. The summed E-state index contributed by atoms with van der Waals surface area (Å²) in [6.45, 7) is 11.0. The number of hydrogen-bond acceptors (Lipinski definition) is 10. The summed E-state index contributed by atoms with van der Waals surface area (Å²) in [6, 6.07) is 0. The number of carboxylic acid groups (broad SMARTS) is 1. The Hall–Kier alpha value is -1.99. The molecule has 2 amide bonds. The van der Waals surface area contributed by atoms with Gasteiger partial charge in [0, 0.05) is 52.2 Å². The first kappa shape index (κ1) is 49.0. The predicted molar refractivity (Wildman–Crippen MR) is 159 cm³/mol. The van der Waals surface area contributed by atoms with Crippen LogP contribution in [0.15, 0.2) is 0 Å². The number of amides is 2. The Bertz CT molecular complexity index is 577. The molecule has 0 saturated heterocycles. The van der Waals surface area contributed by atoms with E-state index in [4.69, 9.17) is 10.2 Å². The van der Waals surface area contributed by atoms with Gasteiger partial charge in [0.25, 0.3) is 0 Å². The van der Waals surface area contributed by atoms with Crippen LogP contribution < -0.4 is 0 Å². The standard InChI is InChI=1S/C8H15NO3S.C6H13NO2.C5H10O2.C4H8O2S.2CH4/c1-3-7(10)9(2)4-5-13-6-8(11)12;1-3-6(9)7(2)4-5-8;1-3-5(6)7-4-2;1-2-6-4(5)3-7;;/h3-6H2,1-2H3,(H,11,12);8H,3-5H2,1-2H3;3-4H2,1-2H3;7H,2-3H2,1H3;2*1H4. The van der Waals surface area contributed by atoms with Gasteiger partial charge in [-0.05, 0) is 13.8 Å². The second-order valence-electron chi connectivity index (χ2n) is 6.63. The van der Waals surface area contributed by atoms with Gasteiger partial charge in [-0.2, -0.15) is 12.6 Å². The third-order valence-electron chi connectivity index (χ3n) is 3.72. The van der Waals surface area contributed by atoms with Crippen LogP contribution in [0.3, 0.4) is 0 Å². The molecular formula is C25H54N2O9S2. The Labute approximate surface area is 240 Å². The summed E-state index contributed by atoms with van der Waals surface area (Å²) in [6.07, 6.45) is 1.49. The summed E-state index contributed by atoms with van der Waals surface area (Å²) in [4.78, 5) is 55.3. The molecule has 0 radical (unpaired) electrons. The highest BCUT2D eigenvalue weighted by Gasteiger charge is 2.05. The van der Waals surface area contributed by atoms with E-state index in [1.54, 1.807) is 46.7 Å².